The Balaban J connectivity index is 2.11. The first-order valence-electron chi connectivity index (χ1n) is 11.5. The van der Waals surface area contributed by atoms with E-state index in [9.17, 15) is 20.1 Å². The minimum absolute atomic E-state index is 0.0361. The normalized spacial score (nSPS) is 12.0. The predicted octanol–water partition coefficient (Wildman–Crippen LogP) is 5.38. The van der Waals surface area contributed by atoms with Gasteiger partial charge in [-0.05, 0) is 55.4 Å². The van der Waals surface area contributed by atoms with Gasteiger partial charge >= 0.3 is 17.5 Å². The summed E-state index contributed by atoms with van der Waals surface area (Å²) < 4.78 is 10.2. The number of amides is 2. The molecular formula is C27H32N3O5+. The maximum absolute atomic E-state index is 13.1. The van der Waals surface area contributed by atoms with Crippen LogP contribution in [0.25, 0.3) is 4.98 Å². The number of allylic oxidation sites excluding steroid dienone is 1. The molecule has 35 heavy (non-hydrogen) atoms. The van der Waals surface area contributed by atoms with Crippen LogP contribution in [0.4, 0.5) is 0 Å². The molecule has 8 nitrogen and oxygen atoms in total. The summed E-state index contributed by atoms with van der Waals surface area (Å²) in [5, 5.41) is 19.3. The van der Waals surface area contributed by atoms with Crippen LogP contribution < -0.4 is 4.74 Å². The summed E-state index contributed by atoms with van der Waals surface area (Å²) in [6.45, 7) is 5.54. The smallest absolute Gasteiger partial charge is 0.497 e. The molecule has 2 rings (SSSR count). The van der Waals surface area contributed by atoms with Gasteiger partial charge in [-0.3, -0.25) is 14.5 Å². The molecule has 0 radical (unpaired) electrons. The molecule has 1 N–H and O–H groups in total. The zero-order valence-electron chi connectivity index (χ0n) is 20.2. The first kappa shape index (κ1) is 27.1. The van der Waals surface area contributed by atoms with Gasteiger partial charge in [0.1, 0.15) is 5.75 Å². The summed E-state index contributed by atoms with van der Waals surface area (Å²) >= 11 is 0. The van der Waals surface area contributed by atoms with E-state index in [2.05, 4.69) is 11.6 Å². The van der Waals surface area contributed by atoms with Crippen molar-refractivity contribution in [1.82, 2.24) is 4.90 Å². The lowest BCUT2D eigenvalue weighted by molar-refractivity contribution is -0.143. The van der Waals surface area contributed by atoms with Crippen molar-refractivity contribution in [3.63, 3.8) is 0 Å². The standard InChI is InChI=1S/C27H31N3O5/c1-4-20(17-22-14-9-15-23(18-22)34-3)13-10-16-24(31)30(19-21-11-7-6-8-12-21)26(32)25(29-28)27(33)35-5-2/h4,6-9,11-12,14-15,18,20H,1,5,10,13,16-17,19H2,2-3H3/p+1. The monoisotopic (exact) mass is 478 g/mol. The molecule has 2 aromatic rings. The summed E-state index contributed by atoms with van der Waals surface area (Å²) in [5.74, 6) is -1.31. The second-order valence-electron chi connectivity index (χ2n) is 7.90. The van der Waals surface area contributed by atoms with Crippen molar-refractivity contribution in [2.45, 2.75) is 39.2 Å². The maximum atomic E-state index is 13.1. The molecule has 0 aliphatic rings. The number of ether oxygens (including phenoxy) is 2. The van der Waals surface area contributed by atoms with Gasteiger partial charge in [-0.25, -0.2) is 0 Å². The number of carbonyl (C=O) groups excluding carboxylic acids is 2. The van der Waals surface area contributed by atoms with Crippen molar-refractivity contribution in [3.05, 3.63) is 95.0 Å². The third-order valence-corrected chi connectivity index (χ3v) is 5.45. The number of carbonyl (C=O) groups is 2. The molecule has 0 spiro atoms. The fourth-order valence-corrected chi connectivity index (χ4v) is 3.61. The van der Waals surface area contributed by atoms with Crippen molar-refractivity contribution >= 4 is 11.8 Å². The number of hydrogen-bond acceptors (Lipinski definition) is 6. The molecule has 1 unspecified atom stereocenters. The average Bonchev–Trinajstić information content (AvgIpc) is 2.87. The van der Waals surface area contributed by atoms with Crippen LogP contribution >= 0.6 is 0 Å². The average molecular weight is 479 g/mol. The van der Waals surface area contributed by atoms with Gasteiger partial charge < -0.3 is 14.6 Å². The Morgan fingerprint density at radius 2 is 1.89 bits per heavy atom. The number of nitrogens with zero attached hydrogens (tertiary/aromatic N) is 3. The molecule has 0 aromatic heterocycles. The minimum atomic E-state index is -0.941. The summed E-state index contributed by atoms with van der Waals surface area (Å²) in [4.78, 5) is 29.9. The molecule has 0 bridgehead atoms. The quantitative estimate of drug-likeness (QED) is 0.179. The number of aliphatic hydroxyl groups is 1. The molecule has 0 saturated heterocycles. The minimum Gasteiger partial charge on any atom is -0.497 e. The van der Waals surface area contributed by atoms with E-state index < -0.39 is 23.5 Å². The highest BCUT2D eigenvalue weighted by molar-refractivity contribution is 6.05. The van der Waals surface area contributed by atoms with E-state index in [1.165, 1.54) is 0 Å². The zero-order valence-corrected chi connectivity index (χ0v) is 20.2. The number of imide groups is 1. The largest absolute Gasteiger partial charge is 0.528 e. The summed E-state index contributed by atoms with van der Waals surface area (Å²) in [5.41, 5.74) is 1.09. The van der Waals surface area contributed by atoms with Gasteiger partial charge in [-0.2, -0.15) is 0 Å². The highest BCUT2D eigenvalue weighted by Gasteiger charge is 2.38. The molecule has 2 amide bonds. The molecule has 184 valence electrons. The van der Waals surface area contributed by atoms with Crippen LogP contribution in [0.2, 0.25) is 0 Å². The number of methoxy groups -OCH3 is 1. The highest BCUT2D eigenvalue weighted by Crippen LogP contribution is 2.21. The van der Waals surface area contributed by atoms with Gasteiger partial charge in [0.15, 0.2) is 4.98 Å². The molecule has 0 heterocycles. The number of aliphatic hydroxyl groups excluding tert-OH is 1. The molecule has 0 aliphatic carbocycles. The van der Waals surface area contributed by atoms with Crippen molar-refractivity contribution in [3.8, 4) is 5.75 Å². The van der Waals surface area contributed by atoms with Crippen molar-refractivity contribution < 1.29 is 24.2 Å². The Bertz CT molecular complexity index is 1080. The van der Waals surface area contributed by atoms with E-state index >= 15 is 0 Å². The van der Waals surface area contributed by atoms with Crippen LogP contribution in [0.1, 0.15) is 37.3 Å². The third kappa shape index (κ3) is 8.31. The Hall–Kier alpha value is -4.12. The van der Waals surface area contributed by atoms with E-state index in [-0.39, 0.29) is 25.5 Å². The van der Waals surface area contributed by atoms with E-state index in [4.69, 9.17) is 9.47 Å². The number of benzene rings is 2. The number of diazo groups is 1. The lowest BCUT2D eigenvalue weighted by atomic mass is 9.94. The van der Waals surface area contributed by atoms with Crippen LogP contribution in [0, 0.1) is 11.3 Å². The fourth-order valence-electron chi connectivity index (χ4n) is 3.61. The van der Waals surface area contributed by atoms with Gasteiger partial charge in [0.2, 0.25) is 11.3 Å². The van der Waals surface area contributed by atoms with Gasteiger partial charge in [0.05, 0.1) is 20.3 Å². The van der Waals surface area contributed by atoms with Gasteiger partial charge in [-0.15, -0.1) is 6.58 Å². The summed E-state index contributed by atoms with van der Waals surface area (Å²) in [7, 11) is 1.62. The second kappa shape index (κ2) is 14.2. The number of rotatable bonds is 13. The van der Waals surface area contributed by atoms with E-state index in [1.807, 2.05) is 36.4 Å². The lowest BCUT2D eigenvalue weighted by Crippen LogP contribution is -2.37. The molecule has 8 heteroatoms. The molecule has 0 fully saturated rings. The molecule has 1 atom stereocenters. The van der Waals surface area contributed by atoms with Crippen LogP contribution in [-0.2, 0) is 27.3 Å². The third-order valence-electron chi connectivity index (χ3n) is 5.45. The van der Waals surface area contributed by atoms with Crippen LogP contribution in [0.5, 0.6) is 5.75 Å². The van der Waals surface area contributed by atoms with Crippen LogP contribution in [0.3, 0.4) is 0 Å². The number of hydrogen-bond donors (Lipinski definition) is 1. The SMILES string of the molecule is C=CC(CCCC(=O)N(Cc1ccccc1)C(=O)/C([N+]#N)=C(\O)OCC)Cc1cccc(OC)c1. The van der Waals surface area contributed by atoms with Gasteiger partial charge in [0.25, 0.3) is 0 Å². The zero-order chi connectivity index (χ0) is 25.6. The van der Waals surface area contributed by atoms with Crippen LogP contribution in [0.15, 0.2) is 78.9 Å². The van der Waals surface area contributed by atoms with E-state index in [0.29, 0.717) is 18.4 Å². The van der Waals surface area contributed by atoms with Crippen LogP contribution in [-0.4, -0.2) is 35.5 Å². The van der Waals surface area contributed by atoms with E-state index in [1.54, 1.807) is 38.3 Å². The first-order chi connectivity index (χ1) is 16.9. The van der Waals surface area contributed by atoms with E-state index in [0.717, 1.165) is 22.6 Å². The topological polar surface area (TPSA) is 104 Å². The van der Waals surface area contributed by atoms with Gasteiger partial charge in [-0.1, -0.05) is 48.5 Å². The predicted molar refractivity (Wildman–Crippen MR) is 133 cm³/mol. The molecule has 2 aromatic carbocycles. The Kier molecular flexibility index (Phi) is 11.0. The van der Waals surface area contributed by atoms with Crippen molar-refractivity contribution in [2.24, 2.45) is 5.92 Å². The summed E-state index contributed by atoms with van der Waals surface area (Å²) in [6, 6.07) is 16.8. The van der Waals surface area contributed by atoms with Crippen molar-refractivity contribution in [2.75, 3.05) is 13.7 Å². The second-order valence-corrected chi connectivity index (χ2v) is 7.90. The Morgan fingerprint density at radius 1 is 1.17 bits per heavy atom. The maximum Gasteiger partial charge on any atom is 0.528 e. The van der Waals surface area contributed by atoms with Gasteiger partial charge in [0, 0.05) is 6.42 Å². The molecule has 0 aliphatic heterocycles. The molecular weight excluding hydrogens is 446 g/mol. The summed E-state index contributed by atoms with van der Waals surface area (Å²) in [6.07, 6.45) is 3.92. The Morgan fingerprint density at radius 3 is 2.51 bits per heavy atom. The Labute approximate surface area is 206 Å². The molecule has 0 saturated carbocycles. The highest BCUT2D eigenvalue weighted by atomic mass is 16.6. The lowest BCUT2D eigenvalue weighted by Gasteiger charge is -2.19. The fraction of sp³-hybridized carbons (Fsp3) is 0.333. The van der Waals surface area contributed by atoms with Crippen molar-refractivity contribution in [1.29, 1.82) is 5.39 Å². The first-order valence-corrected chi connectivity index (χ1v) is 11.5.